The van der Waals surface area contributed by atoms with Crippen LogP contribution in [0.3, 0.4) is 0 Å². The second-order valence-corrected chi connectivity index (χ2v) is 5.12. The predicted molar refractivity (Wildman–Crippen MR) is 48.9 cm³/mol. The van der Waals surface area contributed by atoms with Gasteiger partial charge < -0.3 is 8.85 Å². The smallest absolute Gasteiger partial charge is 0.390 e. The molecule has 0 heterocycles. The van der Waals surface area contributed by atoms with Gasteiger partial charge in [0.1, 0.15) is 0 Å². The van der Waals surface area contributed by atoms with E-state index in [2.05, 4.69) is 0 Å². The van der Waals surface area contributed by atoms with E-state index >= 15 is 0 Å². The topological polar surface area (TPSA) is 18.5 Å². The van der Waals surface area contributed by atoms with Gasteiger partial charge >= 0.3 is 9.28 Å². The molecule has 0 saturated heterocycles. The van der Waals surface area contributed by atoms with Gasteiger partial charge in [0.2, 0.25) is 0 Å². The summed E-state index contributed by atoms with van der Waals surface area (Å²) in [5.41, 5.74) is 0.487. The van der Waals surface area contributed by atoms with Crippen LogP contribution in [0.15, 0.2) is 0 Å². The summed E-state index contributed by atoms with van der Waals surface area (Å²) in [6, 6.07) is 0. The van der Waals surface area contributed by atoms with Crippen molar-refractivity contribution in [3.63, 3.8) is 0 Å². The average molecular weight is 196 g/mol. The summed E-state index contributed by atoms with van der Waals surface area (Å²) >= 11 is 5.65. The minimum absolute atomic E-state index is 0.210. The van der Waals surface area contributed by atoms with Crippen molar-refractivity contribution < 1.29 is 8.85 Å². The van der Waals surface area contributed by atoms with E-state index in [4.69, 9.17) is 20.5 Å². The fourth-order valence-corrected chi connectivity index (χ4v) is 2.23. The summed E-state index contributed by atoms with van der Waals surface area (Å²) < 4.78 is 10.9. The van der Waals surface area contributed by atoms with E-state index in [0.717, 1.165) is 0 Å². The predicted octanol–water partition coefficient (Wildman–Crippen LogP) is 2.10. The van der Waals surface area contributed by atoms with Crippen LogP contribution >= 0.6 is 11.6 Å². The Kier molecular flexibility index (Phi) is 6.23. The zero-order valence-corrected chi connectivity index (χ0v) is 9.31. The lowest BCUT2D eigenvalue weighted by Crippen LogP contribution is -2.31. The normalized spacial score (nSPS) is 12.0. The third kappa shape index (κ3) is 6.81. The molecule has 0 aromatic carbocycles. The van der Waals surface area contributed by atoms with E-state index in [1.54, 1.807) is 0 Å². The maximum atomic E-state index is 5.65. The summed E-state index contributed by atoms with van der Waals surface area (Å²) in [7, 11) is -1.22. The summed E-state index contributed by atoms with van der Waals surface area (Å²) in [5, 5.41) is 0. The largest absolute Gasteiger partial charge is 0.401 e. The van der Waals surface area contributed by atoms with Crippen molar-refractivity contribution in [2.75, 3.05) is 5.50 Å². The Hall–Kier alpha value is 0.427. The van der Waals surface area contributed by atoms with Crippen LogP contribution in [0.2, 0.25) is 0 Å². The lowest BCUT2D eigenvalue weighted by molar-refractivity contribution is 0.133. The second-order valence-electron chi connectivity index (χ2n) is 2.84. The monoisotopic (exact) mass is 195 g/mol. The highest BCUT2D eigenvalue weighted by molar-refractivity contribution is 6.56. The lowest BCUT2D eigenvalue weighted by Gasteiger charge is -2.17. The van der Waals surface area contributed by atoms with Crippen LogP contribution in [-0.2, 0) is 8.85 Å². The van der Waals surface area contributed by atoms with E-state index in [1.807, 2.05) is 27.7 Å². The summed E-state index contributed by atoms with van der Waals surface area (Å²) in [5.74, 6) is 0. The molecule has 0 aliphatic carbocycles. The van der Waals surface area contributed by atoms with Crippen LogP contribution in [0.4, 0.5) is 0 Å². The highest BCUT2D eigenvalue weighted by Crippen LogP contribution is 2.01. The Morgan fingerprint density at radius 3 is 1.64 bits per heavy atom. The van der Waals surface area contributed by atoms with Crippen LogP contribution in [0.1, 0.15) is 27.7 Å². The van der Waals surface area contributed by atoms with Gasteiger partial charge in [0.15, 0.2) is 0 Å². The SMILES string of the molecule is CC(C)O[Si](CCl)OC(C)C. The molecular weight excluding hydrogens is 180 g/mol. The Balaban J connectivity index is 3.58. The standard InChI is InChI=1S/C7H16ClO2Si/c1-6(2)9-11(5-8)10-7(3)4/h6-7H,5H2,1-4H3. The van der Waals surface area contributed by atoms with E-state index in [9.17, 15) is 0 Å². The number of hydrogen-bond acceptors (Lipinski definition) is 2. The molecule has 4 heteroatoms. The van der Waals surface area contributed by atoms with Gasteiger partial charge in [-0.25, -0.2) is 0 Å². The van der Waals surface area contributed by atoms with Crippen molar-refractivity contribution in [2.24, 2.45) is 0 Å². The highest BCUT2D eigenvalue weighted by Gasteiger charge is 2.17. The molecule has 0 atom stereocenters. The quantitative estimate of drug-likeness (QED) is 0.494. The Morgan fingerprint density at radius 2 is 1.45 bits per heavy atom. The average Bonchev–Trinajstić information content (AvgIpc) is 1.84. The molecule has 0 aliphatic rings. The van der Waals surface area contributed by atoms with Gasteiger partial charge in [-0.15, -0.1) is 11.6 Å². The molecule has 0 rings (SSSR count). The van der Waals surface area contributed by atoms with Crippen LogP contribution in [0, 0.1) is 0 Å². The lowest BCUT2D eigenvalue weighted by atomic mass is 10.5. The van der Waals surface area contributed by atoms with Crippen LogP contribution in [0.5, 0.6) is 0 Å². The minimum Gasteiger partial charge on any atom is -0.390 e. The Morgan fingerprint density at radius 1 is 1.09 bits per heavy atom. The van der Waals surface area contributed by atoms with Gasteiger partial charge in [-0.05, 0) is 27.7 Å². The van der Waals surface area contributed by atoms with Crippen LogP contribution in [0.25, 0.3) is 0 Å². The molecule has 0 aliphatic heterocycles. The van der Waals surface area contributed by atoms with E-state index < -0.39 is 9.28 Å². The molecule has 67 valence electrons. The van der Waals surface area contributed by atoms with E-state index in [1.165, 1.54) is 0 Å². The van der Waals surface area contributed by atoms with Crippen molar-refractivity contribution in [3.05, 3.63) is 0 Å². The van der Waals surface area contributed by atoms with Crippen molar-refractivity contribution in [1.82, 2.24) is 0 Å². The number of hydrogen-bond donors (Lipinski definition) is 0. The molecule has 0 amide bonds. The Labute approximate surface area is 75.7 Å². The third-order valence-corrected chi connectivity index (χ3v) is 3.18. The molecule has 0 aromatic heterocycles. The fraction of sp³-hybridized carbons (Fsp3) is 1.00. The zero-order chi connectivity index (χ0) is 8.85. The zero-order valence-electron chi connectivity index (χ0n) is 7.56. The van der Waals surface area contributed by atoms with Gasteiger partial charge in [0.25, 0.3) is 0 Å². The first-order valence-corrected chi connectivity index (χ1v) is 5.87. The molecule has 11 heavy (non-hydrogen) atoms. The van der Waals surface area contributed by atoms with Crippen molar-refractivity contribution >= 4 is 20.9 Å². The minimum atomic E-state index is -1.22. The van der Waals surface area contributed by atoms with Crippen molar-refractivity contribution in [1.29, 1.82) is 0 Å². The number of alkyl halides is 1. The van der Waals surface area contributed by atoms with Gasteiger partial charge in [0, 0.05) is 12.2 Å². The fourth-order valence-electron chi connectivity index (χ4n) is 0.617. The molecule has 2 nitrogen and oxygen atoms in total. The second kappa shape index (κ2) is 6.00. The highest BCUT2D eigenvalue weighted by atomic mass is 35.5. The van der Waals surface area contributed by atoms with Gasteiger partial charge in [-0.2, -0.15) is 0 Å². The maximum Gasteiger partial charge on any atom is 0.401 e. The number of halogens is 1. The number of rotatable bonds is 5. The molecular formula is C7H16ClO2Si. The molecule has 0 bridgehead atoms. The first-order chi connectivity index (χ1) is 5.06. The van der Waals surface area contributed by atoms with Gasteiger partial charge in [-0.3, -0.25) is 0 Å². The van der Waals surface area contributed by atoms with Crippen molar-refractivity contribution in [3.8, 4) is 0 Å². The third-order valence-electron chi connectivity index (χ3n) is 0.843. The molecule has 0 unspecified atom stereocenters. The summed E-state index contributed by atoms with van der Waals surface area (Å²) in [4.78, 5) is 0. The van der Waals surface area contributed by atoms with Gasteiger partial charge in [-0.1, -0.05) is 0 Å². The summed E-state index contributed by atoms with van der Waals surface area (Å²) in [6.45, 7) is 7.95. The molecule has 0 spiro atoms. The Bertz CT molecular complexity index is 88.4. The molecule has 0 N–H and O–H groups in total. The van der Waals surface area contributed by atoms with Crippen molar-refractivity contribution in [2.45, 2.75) is 39.9 Å². The first kappa shape index (κ1) is 11.4. The summed E-state index contributed by atoms with van der Waals surface area (Å²) in [6.07, 6.45) is 0.419. The van der Waals surface area contributed by atoms with Crippen LogP contribution in [-0.4, -0.2) is 27.0 Å². The van der Waals surface area contributed by atoms with Crippen LogP contribution < -0.4 is 0 Å². The van der Waals surface area contributed by atoms with E-state index in [0.29, 0.717) is 5.50 Å². The van der Waals surface area contributed by atoms with Gasteiger partial charge in [0.05, 0.1) is 5.50 Å². The molecule has 0 aromatic rings. The maximum absolute atomic E-state index is 5.65. The molecule has 0 fully saturated rings. The molecule has 1 radical (unpaired) electrons. The van der Waals surface area contributed by atoms with E-state index in [-0.39, 0.29) is 12.2 Å². The first-order valence-electron chi connectivity index (χ1n) is 3.81. The molecule has 0 saturated carbocycles.